The smallest absolute Gasteiger partial charge is 0.263 e. The molecule has 0 aliphatic rings. The molecule has 29 heavy (non-hydrogen) atoms. The number of rotatable bonds is 14. The van der Waals surface area contributed by atoms with Gasteiger partial charge in [0.2, 0.25) is 5.91 Å². The molecule has 0 radical (unpaired) electrons. The topological polar surface area (TPSA) is 88.2 Å². The lowest BCUT2D eigenvalue weighted by Crippen LogP contribution is -2.26. The lowest BCUT2D eigenvalue weighted by molar-refractivity contribution is -0.120. The fourth-order valence-electron chi connectivity index (χ4n) is 2.92. The first kappa shape index (κ1) is 23.3. The number of unbranched alkanes of at least 4 members (excludes halogenated alkanes) is 7. The van der Waals surface area contributed by atoms with E-state index < -0.39 is 10.0 Å². The average Bonchev–Trinajstić information content (AvgIpc) is 3.13. The fourth-order valence-corrected chi connectivity index (χ4v) is 4.91. The molecule has 1 aromatic heterocycles. The molecular formula is C21H31N3O3S2. The van der Waals surface area contributed by atoms with Crippen LogP contribution in [0.4, 0.5) is 5.13 Å². The third-order valence-corrected chi connectivity index (χ3v) is 6.81. The van der Waals surface area contributed by atoms with Gasteiger partial charge in [-0.3, -0.25) is 9.52 Å². The van der Waals surface area contributed by atoms with Crippen molar-refractivity contribution in [1.29, 1.82) is 0 Å². The normalized spacial score (nSPS) is 11.3. The van der Waals surface area contributed by atoms with E-state index in [9.17, 15) is 13.2 Å². The number of nitrogens with one attached hydrogen (secondary N) is 2. The maximum atomic E-state index is 12.3. The highest BCUT2D eigenvalue weighted by atomic mass is 32.2. The van der Waals surface area contributed by atoms with E-state index >= 15 is 0 Å². The van der Waals surface area contributed by atoms with E-state index in [2.05, 4.69) is 21.9 Å². The molecule has 0 saturated heterocycles. The second-order valence-corrected chi connectivity index (χ2v) is 9.60. The standard InChI is InChI=1S/C21H31N3O3S2/c1-2-3-4-5-6-7-8-12-15-22-20(25)16-18-17-28-21(23-18)24-29(26,27)19-13-10-9-11-14-19/h9-11,13-14,17H,2-8,12,15-16H2,1H3,(H,22,25)(H,23,24). The zero-order valence-corrected chi connectivity index (χ0v) is 18.7. The molecule has 0 spiro atoms. The summed E-state index contributed by atoms with van der Waals surface area (Å²) < 4.78 is 27.1. The predicted molar refractivity (Wildman–Crippen MR) is 119 cm³/mol. The summed E-state index contributed by atoms with van der Waals surface area (Å²) in [6, 6.07) is 8.13. The average molecular weight is 438 g/mol. The van der Waals surface area contributed by atoms with Gasteiger partial charge in [0.25, 0.3) is 10.0 Å². The number of anilines is 1. The molecule has 1 aromatic carbocycles. The third-order valence-electron chi connectivity index (χ3n) is 4.52. The largest absolute Gasteiger partial charge is 0.356 e. The zero-order valence-electron chi connectivity index (χ0n) is 17.0. The van der Waals surface area contributed by atoms with Crippen LogP contribution in [0.15, 0.2) is 40.6 Å². The van der Waals surface area contributed by atoms with Crippen LogP contribution in [0.1, 0.15) is 64.0 Å². The number of aromatic nitrogens is 1. The van der Waals surface area contributed by atoms with E-state index in [1.165, 1.54) is 62.0 Å². The number of sulfonamides is 1. The minimum absolute atomic E-state index is 0.0873. The summed E-state index contributed by atoms with van der Waals surface area (Å²) in [7, 11) is -3.66. The molecule has 2 N–H and O–H groups in total. The molecule has 2 aromatic rings. The highest BCUT2D eigenvalue weighted by Gasteiger charge is 2.16. The Kier molecular flexibility index (Phi) is 10.1. The minimum Gasteiger partial charge on any atom is -0.356 e. The van der Waals surface area contributed by atoms with Gasteiger partial charge in [-0.1, -0.05) is 70.1 Å². The molecule has 0 bridgehead atoms. The van der Waals surface area contributed by atoms with Crippen molar-refractivity contribution in [2.24, 2.45) is 0 Å². The van der Waals surface area contributed by atoms with Crippen LogP contribution >= 0.6 is 11.3 Å². The minimum atomic E-state index is -3.66. The van der Waals surface area contributed by atoms with Gasteiger partial charge in [0, 0.05) is 11.9 Å². The maximum Gasteiger partial charge on any atom is 0.263 e. The number of carbonyl (C=O) groups is 1. The Morgan fingerprint density at radius 2 is 1.66 bits per heavy atom. The first-order chi connectivity index (χ1) is 14.0. The molecule has 0 fully saturated rings. The van der Waals surface area contributed by atoms with E-state index in [0.29, 0.717) is 12.2 Å². The molecule has 160 valence electrons. The van der Waals surface area contributed by atoms with Crippen molar-refractivity contribution in [3.63, 3.8) is 0 Å². The first-order valence-corrected chi connectivity index (χ1v) is 12.7. The Morgan fingerprint density at radius 1 is 1.00 bits per heavy atom. The SMILES string of the molecule is CCCCCCCCCCNC(=O)Cc1csc(NS(=O)(=O)c2ccccc2)n1. The van der Waals surface area contributed by atoms with Crippen LogP contribution in [-0.2, 0) is 21.2 Å². The number of carbonyl (C=O) groups excluding carboxylic acids is 1. The molecule has 0 saturated carbocycles. The van der Waals surface area contributed by atoms with E-state index in [0.717, 1.165) is 12.8 Å². The molecule has 0 unspecified atom stereocenters. The zero-order chi connectivity index (χ0) is 21.0. The summed E-state index contributed by atoms with van der Waals surface area (Å²) in [4.78, 5) is 16.5. The van der Waals surface area contributed by atoms with Crippen LogP contribution in [0.5, 0.6) is 0 Å². The summed E-state index contributed by atoms with van der Waals surface area (Å²) in [5, 5.41) is 4.88. The first-order valence-electron chi connectivity index (χ1n) is 10.3. The second-order valence-electron chi connectivity index (χ2n) is 7.06. The third kappa shape index (κ3) is 8.95. The van der Waals surface area contributed by atoms with Gasteiger partial charge in [-0.15, -0.1) is 11.3 Å². The quantitative estimate of drug-likeness (QED) is 0.418. The van der Waals surface area contributed by atoms with Crippen LogP contribution in [0.3, 0.4) is 0 Å². The molecule has 0 atom stereocenters. The fraction of sp³-hybridized carbons (Fsp3) is 0.524. The van der Waals surface area contributed by atoms with Gasteiger partial charge in [-0.25, -0.2) is 13.4 Å². The Morgan fingerprint density at radius 3 is 2.34 bits per heavy atom. The van der Waals surface area contributed by atoms with Crippen LogP contribution in [0.2, 0.25) is 0 Å². The van der Waals surface area contributed by atoms with E-state index in [1.807, 2.05) is 0 Å². The van der Waals surface area contributed by atoms with Crippen molar-refractivity contribution >= 4 is 32.4 Å². The summed E-state index contributed by atoms with van der Waals surface area (Å²) >= 11 is 1.17. The summed E-state index contributed by atoms with van der Waals surface area (Å²) in [6.07, 6.45) is 9.98. The van der Waals surface area contributed by atoms with Gasteiger partial charge in [-0.05, 0) is 18.6 Å². The molecule has 0 aliphatic heterocycles. The molecule has 0 aliphatic carbocycles. The molecule has 2 rings (SSSR count). The van der Waals surface area contributed by atoms with E-state index in [-0.39, 0.29) is 22.4 Å². The van der Waals surface area contributed by atoms with Crippen molar-refractivity contribution in [3.8, 4) is 0 Å². The van der Waals surface area contributed by atoms with Crippen LogP contribution in [0.25, 0.3) is 0 Å². The van der Waals surface area contributed by atoms with Crippen molar-refractivity contribution < 1.29 is 13.2 Å². The second kappa shape index (κ2) is 12.6. The van der Waals surface area contributed by atoms with Crippen molar-refractivity contribution in [2.45, 2.75) is 69.6 Å². The Labute approximate surface area is 178 Å². The highest BCUT2D eigenvalue weighted by molar-refractivity contribution is 7.93. The van der Waals surface area contributed by atoms with Crippen LogP contribution < -0.4 is 10.0 Å². The summed E-state index contributed by atoms with van der Waals surface area (Å²) in [5.41, 5.74) is 0.564. The molecule has 1 amide bonds. The van der Waals surface area contributed by atoms with Crippen molar-refractivity contribution in [3.05, 3.63) is 41.4 Å². The lowest BCUT2D eigenvalue weighted by Gasteiger charge is -2.05. The lowest BCUT2D eigenvalue weighted by atomic mass is 10.1. The molecular weight excluding hydrogens is 406 g/mol. The number of nitrogens with zero attached hydrogens (tertiary/aromatic N) is 1. The van der Waals surface area contributed by atoms with Gasteiger partial charge < -0.3 is 5.32 Å². The summed E-state index contributed by atoms with van der Waals surface area (Å²) in [6.45, 7) is 2.89. The van der Waals surface area contributed by atoms with Gasteiger partial charge in [0.1, 0.15) is 0 Å². The van der Waals surface area contributed by atoms with Crippen LogP contribution in [0, 0.1) is 0 Å². The predicted octanol–water partition coefficient (Wildman–Crippen LogP) is 4.74. The van der Waals surface area contributed by atoms with Gasteiger partial charge in [-0.2, -0.15) is 0 Å². The summed E-state index contributed by atoms with van der Waals surface area (Å²) in [5.74, 6) is -0.0873. The monoisotopic (exact) mass is 437 g/mol. The van der Waals surface area contributed by atoms with Gasteiger partial charge in [0.15, 0.2) is 5.13 Å². The molecule has 8 heteroatoms. The number of thiazole rings is 1. The number of hydrogen-bond donors (Lipinski definition) is 2. The number of amides is 1. The van der Waals surface area contributed by atoms with E-state index in [1.54, 1.807) is 23.6 Å². The van der Waals surface area contributed by atoms with Gasteiger partial charge in [0.05, 0.1) is 17.0 Å². The maximum absolute atomic E-state index is 12.3. The number of benzene rings is 1. The molecule has 6 nitrogen and oxygen atoms in total. The van der Waals surface area contributed by atoms with Crippen molar-refractivity contribution in [2.75, 3.05) is 11.3 Å². The Balaban J connectivity index is 1.66. The number of hydrogen-bond acceptors (Lipinski definition) is 5. The molecule has 1 heterocycles. The van der Waals surface area contributed by atoms with Crippen LogP contribution in [-0.4, -0.2) is 25.9 Å². The Bertz CT molecular complexity index is 836. The Hall–Kier alpha value is -1.93. The van der Waals surface area contributed by atoms with Crippen molar-refractivity contribution in [1.82, 2.24) is 10.3 Å². The highest BCUT2D eigenvalue weighted by Crippen LogP contribution is 2.20. The van der Waals surface area contributed by atoms with Gasteiger partial charge >= 0.3 is 0 Å². The van der Waals surface area contributed by atoms with E-state index in [4.69, 9.17) is 0 Å².